The number of amidine groups is 1. The second-order valence-corrected chi connectivity index (χ2v) is 10.5. The van der Waals surface area contributed by atoms with Crippen LogP contribution in [0.4, 0.5) is 33.7 Å². The van der Waals surface area contributed by atoms with E-state index in [0.717, 1.165) is 41.1 Å². The van der Waals surface area contributed by atoms with E-state index in [4.69, 9.17) is 4.74 Å². The first-order chi connectivity index (χ1) is 20.4. The van der Waals surface area contributed by atoms with E-state index >= 15 is 4.39 Å². The lowest BCUT2D eigenvalue weighted by molar-refractivity contribution is -0.137. The van der Waals surface area contributed by atoms with Gasteiger partial charge in [0.1, 0.15) is 12.1 Å². The number of aryl methyl sites for hydroxylation is 1. The number of ether oxygens (including phenoxy) is 1. The summed E-state index contributed by atoms with van der Waals surface area (Å²) < 4.78 is 60.2. The Balaban J connectivity index is 1.33. The van der Waals surface area contributed by atoms with Crippen molar-refractivity contribution in [2.24, 2.45) is 4.99 Å². The number of hydrogen-bond donors (Lipinski definition) is 1. The molecule has 1 aromatic heterocycles. The summed E-state index contributed by atoms with van der Waals surface area (Å²) in [5, 5.41) is 6.76. The van der Waals surface area contributed by atoms with Crippen molar-refractivity contribution in [3.05, 3.63) is 89.5 Å². The van der Waals surface area contributed by atoms with Crippen LogP contribution >= 0.6 is 11.8 Å². The van der Waals surface area contributed by atoms with Gasteiger partial charge in [-0.25, -0.2) is 18.9 Å². The third-order valence-electron chi connectivity index (χ3n) is 6.60. The number of benzene rings is 3. The third-order valence-corrected chi connectivity index (χ3v) is 7.52. The summed E-state index contributed by atoms with van der Waals surface area (Å²) in [5.74, 6) is -0.854. The summed E-state index contributed by atoms with van der Waals surface area (Å²) >= 11 is 1.09. The number of hydrogen-bond acceptors (Lipinski definition) is 6. The molecule has 222 valence electrons. The molecule has 1 atom stereocenters. The van der Waals surface area contributed by atoms with Gasteiger partial charge in [-0.2, -0.15) is 18.2 Å². The highest BCUT2D eigenvalue weighted by molar-refractivity contribution is 8.15. The molecule has 1 N–H and O–H groups in total. The van der Waals surface area contributed by atoms with E-state index < -0.39 is 23.6 Å². The summed E-state index contributed by atoms with van der Waals surface area (Å²) in [4.78, 5) is 35.1. The smallest absolute Gasteiger partial charge is 0.377 e. The number of anilines is 2. The molecule has 3 aromatic carbocycles. The van der Waals surface area contributed by atoms with Crippen LogP contribution in [0.2, 0.25) is 0 Å². The summed E-state index contributed by atoms with van der Waals surface area (Å²) in [6.45, 7) is 3.72. The van der Waals surface area contributed by atoms with Crippen LogP contribution in [0.25, 0.3) is 17.1 Å². The molecule has 9 nitrogen and oxygen atoms in total. The highest BCUT2D eigenvalue weighted by Gasteiger charge is 2.33. The zero-order valence-electron chi connectivity index (χ0n) is 23.0. The summed E-state index contributed by atoms with van der Waals surface area (Å²) in [7, 11) is 1.55. The van der Waals surface area contributed by atoms with Crippen molar-refractivity contribution in [3.63, 3.8) is 0 Å². The average molecular weight is 613 g/mol. The molecular weight excluding hydrogens is 588 g/mol. The van der Waals surface area contributed by atoms with Crippen molar-refractivity contribution in [3.8, 4) is 17.1 Å². The van der Waals surface area contributed by atoms with Gasteiger partial charge in [-0.1, -0.05) is 23.9 Å². The number of nitrogens with zero attached hydrogens (tertiary/aromatic N) is 5. The largest absolute Gasteiger partial charge is 0.416 e. The number of carbonyl (C=O) groups is 2. The van der Waals surface area contributed by atoms with E-state index in [1.54, 1.807) is 7.11 Å². The van der Waals surface area contributed by atoms with E-state index in [1.165, 1.54) is 40.2 Å². The monoisotopic (exact) mass is 612 g/mol. The molecule has 0 aliphatic carbocycles. The van der Waals surface area contributed by atoms with Crippen LogP contribution in [0.1, 0.15) is 29.7 Å². The standard InChI is InChI=1S/C29H24F4N6O3S/c1-16-4-10-21(17(2)42-3)24(12-16)39-25(40)14-43-28(39)36-27(41)35-23-11-5-18(13-22(23)30)26-34-15-38(37-26)20-8-6-19(7-9-20)29(31,32)33/h4-13,15,17H,14H2,1-3H3,(H,35,41). The molecule has 0 saturated carbocycles. The van der Waals surface area contributed by atoms with Crippen molar-refractivity contribution in [1.82, 2.24) is 14.8 Å². The molecule has 1 saturated heterocycles. The molecule has 1 fully saturated rings. The normalized spacial score (nSPS) is 15.3. The lowest BCUT2D eigenvalue weighted by atomic mass is 10.0. The fraction of sp³-hybridized carbons (Fsp3) is 0.207. The minimum atomic E-state index is -4.47. The first kappa shape index (κ1) is 29.9. The Morgan fingerprint density at radius 2 is 1.86 bits per heavy atom. The number of thioether (sulfide) groups is 1. The number of carbonyl (C=O) groups excluding carboxylic acids is 2. The summed E-state index contributed by atoms with van der Waals surface area (Å²) in [5.41, 5.74) is 1.84. The number of alkyl halides is 3. The SMILES string of the molecule is COC(C)c1ccc(C)cc1N1C(=O)CSC1=NC(=O)Nc1ccc(-c2ncn(-c3ccc(C(F)(F)F)cc3)n2)cc1F. The van der Waals surface area contributed by atoms with Crippen molar-refractivity contribution in [2.75, 3.05) is 23.1 Å². The van der Waals surface area contributed by atoms with Crippen molar-refractivity contribution in [2.45, 2.75) is 26.1 Å². The quantitative estimate of drug-likeness (QED) is 0.241. The van der Waals surface area contributed by atoms with Gasteiger partial charge in [0.25, 0.3) is 0 Å². The van der Waals surface area contributed by atoms with Crippen LogP contribution in [0.15, 0.2) is 72.0 Å². The Bertz CT molecular complexity index is 1720. The summed E-state index contributed by atoms with van der Waals surface area (Å²) in [6.07, 6.45) is -3.50. The van der Waals surface area contributed by atoms with E-state index in [0.29, 0.717) is 11.4 Å². The molecule has 3 amide bonds. The van der Waals surface area contributed by atoms with Gasteiger partial charge in [0, 0.05) is 18.2 Å². The summed E-state index contributed by atoms with van der Waals surface area (Å²) in [6, 6.07) is 12.9. The van der Waals surface area contributed by atoms with Gasteiger partial charge in [-0.15, -0.1) is 5.10 Å². The minimum absolute atomic E-state index is 0.0794. The molecule has 0 bridgehead atoms. The Morgan fingerprint density at radius 1 is 1.12 bits per heavy atom. The maximum absolute atomic E-state index is 15.0. The molecule has 1 unspecified atom stereocenters. The molecule has 5 rings (SSSR count). The molecule has 43 heavy (non-hydrogen) atoms. The Hall–Kier alpha value is -4.56. The second-order valence-electron chi connectivity index (χ2n) is 9.53. The van der Waals surface area contributed by atoms with Crippen molar-refractivity contribution >= 4 is 40.2 Å². The van der Waals surface area contributed by atoms with Crippen LogP contribution in [0, 0.1) is 12.7 Å². The fourth-order valence-electron chi connectivity index (χ4n) is 4.31. The van der Waals surface area contributed by atoms with Gasteiger partial charge in [-0.05, 0) is 67.9 Å². The number of halogens is 4. The highest BCUT2D eigenvalue weighted by atomic mass is 32.2. The van der Waals surface area contributed by atoms with Crippen LogP contribution in [0.5, 0.6) is 0 Å². The predicted molar refractivity (Wildman–Crippen MR) is 155 cm³/mol. The zero-order valence-corrected chi connectivity index (χ0v) is 23.8. The molecular formula is C29H24F4N6O3S. The average Bonchev–Trinajstić information content (AvgIpc) is 3.60. The fourth-order valence-corrected chi connectivity index (χ4v) is 5.17. The molecule has 0 radical (unpaired) electrons. The van der Waals surface area contributed by atoms with E-state index in [-0.39, 0.29) is 40.0 Å². The number of rotatable bonds is 6. The van der Waals surface area contributed by atoms with Crippen LogP contribution in [-0.4, -0.2) is 44.7 Å². The molecule has 2 heterocycles. The second kappa shape index (κ2) is 12.0. The topological polar surface area (TPSA) is 102 Å². The van der Waals surface area contributed by atoms with Crippen LogP contribution < -0.4 is 10.2 Å². The van der Waals surface area contributed by atoms with Crippen LogP contribution in [-0.2, 0) is 15.7 Å². The van der Waals surface area contributed by atoms with Gasteiger partial charge < -0.3 is 10.1 Å². The van der Waals surface area contributed by atoms with Gasteiger partial charge in [0.15, 0.2) is 11.0 Å². The first-order valence-electron chi connectivity index (χ1n) is 12.8. The maximum atomic E-state index is 15.0. The van der Waals surface area contributed by atoms with Gasteiger partial charge in [0.05, 0.1) is 34.5 Å². The number of aliphatic imine (C=N–C) groups is 1. The third kappa shape index (κ3) is 6.44. The number of amides is 3. The first-order valence-corrected chi connectivity index (χ1v) is 13.8. The van der Waals surface area contributed by atoms with Crippen LogP contribution in [0.3, 0.4) is 0 Å². The van der Waals surface area contributed by atoms with Gasteiger partial charge in [0.2, 0.25) is 5.91 Å². The van der Waals surface area contributed by atoms with Crippen molar-refractivity contribution in [1.29, 1.82) is 0 Å². The van der Waals surface area contributed by atoms with Gasteiger partial charge >= 0.3 is 12.2 Å². The predicted octanol–water partition coefficient (Wildman–Crippen LogP) is 6.78. The zero-order chi connectivity index (χ0) is 30.9. The number of methoxy groups -OCH3 is 1. The number of aromatic nitrogens is 3. The molecule has 4 aromatic rings. The maximum Gasteiger partial charge on any atom is 0.416 e. The number of nitrogens with one attached hydrogen (secondary N) is 1. The number of urea groups is 1. The van der Waals surface area contributed by atoms with Gasteiger partial charge in [-0.3, -0.25) is 9.69 Å². The Labute approximate surface area is 247 Å². The molecule has 1 aliphatic heterocycles. The van der Waals surface area contributed by atoms with E-state index in [2.05, 4.69) is 20.4 Å². The molecule has 14 heteroatoms. The van der Waals surface area contributed by atoms with E-state index in [1.807, 2.05) is 32.0 Å². The minimum Gasteiger partial charge on any atom is -0.377 e. The lowest BCUT2D eigenvalue weighted by Crippen LogP contribution is -2.31. The highest BCUT2D eigenvalue weighted by Crippen LogP contribution is 2.35. The molecule has 0 spiro atoms. The Morgan fingerprint density at radius 3 is 2.53 bits per heavy atom. The Kier molecular flexibility index (Phi) is 8.33. The lowest BCUT2D eigenvalue weighted by Gasteiger charge is -2.23. The van der Waals surface area contributed by atoms with Crippen molar-refractivity contribution < 1.29 is 31.9 Å². The molecule has 1 aliphatic rings. The van der Waals surface area contributed by atoms with E-state index in [9.17, 15) is 22.8 Å².